The third-order valence-electron chi connectivity index (χ3n) is 4.65. The first-order chi connectivity index (χ1) is 13.5. The van der Waals surface area contributed by atoms with Gasteiger partial charge in [0.25, 0.3) is 5.91 Å². The number of ether oxygens (including phenoxy) is 3. The minimum absolute atomic E-state index is 0.0370. The molecular formula is C21H24N2O5. The number of hydrogen-bond acceptors (Lipinski definition) is 5. The lowest BCUT2D eigenvalue weighted by molar-refractivity contribution is -0.122. The quantitative estimate of drug-likeness (QED) is 0.793. The van der Waals surface area contributed by atoms with Gasteiger partial charge in [-0.3, -0.25) is 9.59 Å². The van der Waals surface area contributed by atoms with Crippen LogP contribution in [0.5, 0.6) is 11.5 Å². The van der Waals surface area contributed by atoms with Crippen LogP contribution in [0.1, 0.15) is 11.1 Å². The fraction of sp³-hybridized carbons (Fsp3) is 0.333. The molecule has 1 heterocycles. The molecule has 2 amide bonds. The molecule has 0 unspecified atom stereocenters. The number of benzene rings is 2. The van der Waals surface area contributed by atoms with Crippen LogP contribution in [-0.4, -0.2) is 46.3 Å². The van der Waals surface area contributed by atoms with Gasteiger partial charge in [-0.1, -0.05) is 12.1 Å². The molecule has 148 valence electrons. The Morgan fingerprint density at radius 2 is 1.82 bits per heavy atom. The van der Waals surface area contributed by atoms with E-state index in [0.29, 0.717) is 23.7 Å². The molecular weight excluding hydrogens is 360 g/mol. The van der Waals surface area contributed by atoms with Crippen LogP contribution in [0.15, 0.2) is 36.4 Å². The Bertz CT molecular complexity index is 881. The highest BCUT2D eigenvalue weighted by Crippen LogP contribution is 2.31. The number of hydrogen-bond donors (Lipinski definition) is 1. The molecule has 0 saturated heterocycles. The molecule has 7 heteroatoms. The van der Waals surface area contributed by atoms with Gasteiger partial charge in [-0.15, -0.1) is 0 Å². The Hall–Kier alpha value is -3.06. The van der Waals surface area contributed by atoms with Crippen LogP contribution < -0.4 is 19.7 Å². The summed E-state index contributed by atoms with van der Waals surface area (Å²) in [7, 11) is 4.63. The summed E-state index contributed by atoms with van der Waals surface area (Å²) in [6.07, 6.45) is 0.994. The fourth-order valence-corrected chi connectivity index (χ4v) is 3.30. The van der Waals surface area contributed by atoms with Gasteiger partial charge in [0.05, 0.1) is 20.6 Å². The molecule has 0 fully saturated rings. The number of amides is 2. The lowest BCUT2D eigenvalue weighted by atomic mass is 10.1. The van der Waals surface area contributed by atoms with Crippen molar-refractivity contribution in [2.75, 3.05) is 44.7 Å². The lowest BCUT2D eigenvalue weighted by Crippen LogP contribution is -2.32. The number of methoxy groups -OCH3 is 3. The first kappa shape index (κ1) is 19.7. The highest BCUT2D eigenvalue weighted by Gasteiger charge is 2.24. The standard InChI is InChI=1S/C21H24N2O5/c1-26-13-21(25)23-9-8-15-5-6-16(12-17(15)23)22-20(24)11-14-4-7-18(27-2)19(10-14)28-3/h4-7,10,12H,8-9,11,13H2,1-3H3,(H,22,24). The summed E-state index contributed by atoms with van der Waals surface area (Å²) in [5.41, 5.74) is 3.38. The van der Waals surface area contributed by atoms with Crippen LogP contribution in [0, 0.1) is 0 Å². The van der Waals surface area contributed by atoms with Gasteiger partial charge in [0, 0.05) is 25.0 Å². The zero-order chi connectivity index (χ0) is 20.1. The molecule has 1 aliphatic heterocycles. The fourth-order valence-electron chi connectivity index (χ4n) is 3.30. The molecule has 0 saturated carbocycles. The molecule has 0 bridgehead atoms. The van der Waals surface area contributed by atoms with E-state index < -0.39 is 0 Å². The zero-order valence-corrected chi connectivity index (χ0v) is 16.3. The molecule has 1 N–H and O–H groups in total. The van der Waals surface area contributed by atoms with E-state index in [1.54, 1.807) is 31.3 Å². The number of anilines is 2. The second-order valence-electron chi connectivity index (χ2n) is 6.49. The van der Waals surface area contributed by atoms with E-state index in [-0.39, 0.29) is 24.8 Å². The van der Waals surface area contributed by atoms with Crippen LogP contribution in [0.2, 0.25) is 0 Å². The van der Waals surface area contributed by atoms with Gasteiger partial charge < -0.3 is 24.4 Å². The number of nitrogens with zero attached hydrogens (tertiary/aromatic N) is 1. The molecule has 0 radical (unpaired) electrons. The lowest BCUT2D eigenvalue weighted by Gasteiger charge is -2.17. The normalized spacial score (nSPS) is 12.5. The summed E-state index contributed by atoms with van der Waals surface area (Å²) in [5, 5.41) is 2.90. The van der Waals surface area contributed by atoms with Crippen LogP contribution in [0.25, 0.3) is 0 Å². The Labute approximate surface area is 164 Å². The maximum Gasteiger partial charge on any atom is 0.252 e. The number of nitrogens with one attached hydrogen (secondary N) is 1. The van der Waals surface area contributed by atoms with Crippen LogP contribution in [0.4, 0.5) is 11.4 Å². The average molecular weight is 384 g/mol. The molecule has 1 aliphatic rings. The van der Waals surface area contributed by atoms with Gasteiger partial charge in [-0.25, -0.2) is 0 Å². The second kappa shape index (κ2) is 8.75. The third-order valence-corrected chi connectivity index (χ3v) is 4.65. The van der Waals surface area contributed by atoms with Gasteiger partial charge in [0.2, 0.25) is 5.91 Å². The Morgan fingerprint density at radius 1 is 1.04 bits per heavy atom. The van der Waals surface area contributed by atoms with E-state index in [2.05, 4.69) is 5.32 Å². The summed E-state index contributed by atoms with van der Waals surface area (Å²) >= 11 is 0. The molecule has 0 aliphatic carbocycles. The van der Waals surface area contributed by atoms with Crippen molar-refractivity contribution in [2.24, 2.45) is 0 Å². The van der Waals surface area contributed by atoms with Gasteiger partial charge in [-0.05, 0) is 41.8 Å². The summed E-state index contributed by atoms with van der Waals surface area (Å²) < 4.78 is 15.4. The first-order valence-electron chi connectivity index (χ1n) is 8.98. The maximum absolute atomic E-state index is 12.5. The Balaban J connectivity index is 1.70. The third kappa shape index (κ3) is 4.26. The predicted molar refractivity (Wildman–Crippen MR) is 106 cm³/mol. The highest BCUT2D eigenvalue weighted by molar-refractivity contribution is 5.98. The zero-order valence-electron chi connectivity index (χ0n) is 16.3. The summed E-state index contributed by atoms with van der Waals surface area (Å²) in [6, 6.07) is 11.0. The largest absolute Gasteiger partial charge is 0.493 e. The second-order valence-corrected chi connectivity index (χ2v) is 6.49. The Morgan fingerprint density at radius 3 is 2.54 bits per heavy atom. The number of carbonyl (C=O) groups is 2. The van der Waals surface area contributed by atoms with Crippen molar-refractivity contribution >= 4 is 23.2 Å². The SMILES string of the molecule is COCC(=O)N1CCc2ccc(NC(=O)Cc3ccc(OC)c(OC)c3)cc21. The molecule has 28 heavy (non-hydrogen) atoms. The summed E-state index contributed by atoms with van der Waals surface area (Å²) in [6.45, 7) is 0.663. The van der Waals surface area contributed by atoms with Gasteiger partial charge in [-0.2, -0.15) is 0 Å². The van der Waals surface area contributed by atoms with Crippen molar-refractivity contribution in [3.63, 3.8) is 0 Å². The van der Waals surface area contributed by atoms with E-state index in [0.717, 1.165) is 23.2 Å². The highest BCUT2D eigenvalue weighted by atomic mass is 16.5. The van der Waals surface area contributed by atoms with Crippen LogP contribution >= 0.6 is 0 Å². The number of carbonyl (C=O) groups excluding carboxylic acids is 2. The predicted octanol–water partition coefficient (Wildman–Crippen LogP) is 2.42. The Kier molecular flexibility index (Phi) is 6.16. The summed E-state index contributed by atoms with van der Waals surface area (Å²) in [5.74, 6) is 0.957. The van der Waals surface area contributed by atoms with Gasteiger partial charge >= 0.3 is 0 Å². The van der Waals surface area contributed by atoms with Crippen molar-refractivity contribution < 1.29 is 23.8 Å². The van der Waals surface area contributed by atoms with Crippen molar-refractivity contribution in [1.82, 2.24) is 0 Å². The van der Waals surface area contributed by atoms with E-state index in [4.69, 9.17) is 14.2 Å². The van der Waals surface area contributed by atoms with E-state index in [1.165, 1.54) is 7.11 Å². The van der Waals surface area contributed by atoms with E-state index >= 15 is 0 Å². The topological polar surface area (TPSA) is 77.1 Å². The van der Waals surface area contributed by atoms with Gasteiger partial charge in [0.1, 0.15) is 6.61 Å². The molecule has 0 spiro atoms. The number of fused-ring (bicyclic) bond motifs is 1. The van der Waals surface area contributed by atoms with Crippen LogP contribution in [-0.2, 0) is 27.2 Å². The molecule has 0 atom stereocenters. The first-order valence-corrected chi connectivity index (χ1v) is 8.98. The molecule has 0 aromatic heterocycles. The summed E-state index contributed by atoms with van der Waals surface area (Å²) in [4.78, 5) is 26.4. The van der Waals surface area contributed by atoms with Crippen molar-refractivity contribution in [3.05, 3.63) is 47.5 Å². The monoisotopic (exact) mass is 384 g/mol. The van der Waals surface area contributed by atoms with Crippen molar-refractivity contribution in [2.45, 2.75) is 12.8 Å². The van der Waals surface area contributed by atoms with Crippen molar-refractivity contribution in [1.29, 1.82) is 0 Å². The molecule has 7 nitrogen and oxygen atoms in total. The van der Waals surface area contributed by atoms with Crippen LogP contribution in [0.3, 0.4) is 0 Å². The van der Waals surface area contributed by atoms with E-state index in [9.17, 15) is 9.59 Å². The molecule has 3 rings (SSSR count). The van der Waals surface area contributed by atoms with E-state index in [1.807, 2.05) is 24.3 Å². The smallest absolute Gasteiger partial charge is 0.252 e. The molecule has 2 aromatic carbocycles. The average Bonchev–Trinajstić information content (AvgIpc) is 3.11. The maximum atomic E-state index is 12.5. The van der Waals surface area contributed by atoms with Gasteiger partial charge in [0.15, 0.2) is 11.5 Å². The van der Waals surface area contributed by atoms with Crippen molar-refractivity contribution in [3.8, 4) is 11.5 Å². The molecule has 2 aromatic rings. The number of rotatable bonds is 7. The minimum Gasteiger partial charge on any atom is -0.493 e. The minimum atomic E-state index is -0.153.